The maximum absolute atomic E-state index is 13.6. The second kappa shape index (κ2) is 11.9. The summed E-state index contributed by atoms with van der Waals surface area (Å²) in [6, 6.07) is 19.9. The van der Waals surface area contributed by atoms with Gasteiger partial charge in [-0.05, 0) is 103 Å². The normalized spacial score (nSPS) is 16.7. The van der Waals surface area contributed by atoms with Gasteiger partial charge in [-0.25, -0.2) is 9.18 Å². The molecule has 0 unspecified atom stereocenters. The van der Waals surface area contributed by atoms with Gasteiger partial charge < -0.3 is 14.4 Å². The van der Waals surface area contributed by atoms with Crippen molar-refractivity contribution in [3.63, 3.8) is 0 Å². The molecule has 0 saturated carbocycles. The van der Waals surface area contributed by atoms with E-state index in [1.54, 1.807) is 17.0 Å². The van der Waals surface area contributed by atoms with Gasteiger partial charge in [-0.3, -0.25) is 9.69 Å². The first-order valence-electron chi connectivity index (χ1n) is 14.8. The molecule has 4 aromatic rings. The molecule has 218 valence electrons. The van der Waals surface area contributed by atoms with Crippen molar-refractivity contribution in [3.8, 4) is 5.69 Å². The van der Waals surface area contributed by atoms with Crippen molar-refractivity contribution in [1.29, 1.82) is 0 Å². The molecule has 3 heterocycles. The highest BCUT2D eigenvalue weighted by Gasteiger charge is 2.34. The van der Waals surface area contributed by atoms with E-state index < -0.39 is 0 Å². The van der Waals surface area contributed by atoms with Crippen molar-refractivity contribution in [3.05, 3.63) is 100 Å². The van der Waals surface area contributed by atoms with E-state index in [-0.39, 0.29) is 17.8 Å². The van der Waals surface area contributed by atoms with Gasteiger partial charge in [-0.1, -0.05) is 37.6 Å². The Morgan fingerprint density at radius 2 is 1.64 bits per heavy atom. The fourth-order valence-corrected chi connectivity index (χ4v) is 6.42. The zero-order valence-electron chi connectivity index (χ0n) is 24.1. The highest BCUT2D eigenvalue weighted by Crippen LogP contribution is 2.37. The number of hydrogen-bond acceptors (Lipinski definition) is 3. The summed E-state index contributed by atoms with van der Waals surface area (Å²) in [5.41, 5.74) is 4.97. The summed E-state index contributed by atoms with van der Waals surface area (Å²) in [6.45, 7) is 8.48. The smallest absolute Gasteiger partial charge is 0.321 e. The van der Waals surface area contributed by atoms with E-state index >= 15 is 0 Å². The molecule has 0 spiro atoms. The highest BCUT2D eigenvalue weighted by atomic mass is 35.5. The van der Waals surface area contributed by atoms with Gasteiger partial charge >= 0.3 is 6.03 Å². The Labute approximate surface area is 251 Å². The van der Waals surface area contributed by atoms with Crippen molar-refractivity contribution in [2.75, 3.05) is 39.3 Å². The third-order valence-electron chi connectivity index (χ3n) is 8.78. The zero-order chi connectivity index (χ0) is 29.4. The number of carbonyl (C=O) groups excluding carboxylic acids is 2. The summed E-state index contributed by atoms with van der Waals surface area (Å²) < 4.78 is 15.7. The topological polar surface area (TPSA) is 48.8 Å². The van der Waals surface area contributed by atoms with Crippen LogP contribution in [-0.2, 0) is 0 Å². The lowest BCUT2D eigenvalue weighted by molar-refractivity contribution is 0.0821. The minimum atomic E-state index is -0.253. The molecule has 1 aromatic heterocycles. The number of amides is 3. The quantitative estimate of drug-likeness (QED) is 0.228. The Balaban J connectivity index is 1.06. The molecule has 8 heteroatoms. The predicted octanol–water partition coefficient (Wildman–Crippen LogP) is 7.30. The minimum absolute atomic E-state index is 0.201. The van der Waals surface area contributed by atoms with Crippen molar-refractivity contribution < 1.29 is 14.0 Å². The van der Waals surface area contributed by atoms with Crippen molar-refractivity contribution in [2.24, 2.45) is 0 Å². The Morgan fingerprint density at radius 3 is 2.33 bits per heavy atom. The molecule has 2 saturated heterocycles. The second-order valence-corrected chi connectivity index (χ2v) is 12.1. The number of imide groups is 1. The summed E-state index contributed by atoms with van der Waals surface area (Å²) in [4.78, 5) is 31.7. The summed E-state index contributed by atoms with van der Waals surface area (Å²) >= 11 is 6.40. The molecule has 3 amide bonds. The van der Waals surface area contributed by atoms with Crippen LogP contribution in [0.1, 0.15) is 60.0 Å². The molecule has 2 aliphatic heterocycles. The van der Waals surface area contributed by atoms with Crippen molar-refractivity contribution in [1.82, 2.24) is 19.3 Å². The van der Waals surface area contributed by atoms with Crippen LogP contribution in [0.5, 0.6) is 0 Å². The van der Waals surface area contributed by atoms with Crippen LogP contribution in [-0.4, -0.2) is 70.5 Å². The summed E-state index contributed by atoms with van der Waals surface area (Å²) in [7, 11) is 0. The first kappa shape index (κ1) is 28.4. The summed E-state index contributed by atoms with van der Waals surface area (Å²) in [5, 5.41) is 1.84. The lowest BCUT2D eigenvalue weighted by Gasteiger charge is -2.33. The van der Waals surface area contributed by atoms with E-state index in [0.717, 1.165) is 49.1 Å². The maximum atomic E-state index is 13.6. The minimum Gasteiger partial charge on any atom is -0.321 e. The number of halogens is 2. The number of benzene rings is 3. The number of likely N-dealkylation sites (tertiary alicyclic amines) is 1. The van der Waals surface area contributed by atoms with Crippen LogP contribution in [0.15, 0.2) is 72.9 Å². The summed E-state index contributed by atoms with van der Waals surface area (Å²) in [5.74, 6) is 0.298. The van der Waals surface area contributed by atoms with Gasteiger partial charge in [0.1, 0.15) is 5.82 Å². The van der Waals surface area contributed by atoms with Gasteiger partial charge in [-0.15, -0.1) is 0 Å². The average Bonchev–Trinajstić information content (AvgIpc) is 3.56. The van der Waals surface area contributed by atoms with Crippen LogP contribution in [0.4, 0.5) is 9.18 Å². The number of piperidine rings is 1. The Bertz CT molecular complexity index is 1590. The molecule has 3 aromatic carbocycles. The largest absolute Gasteiger partial charge is 0.327 e. The molecule has 6 rings (SSSR count). The van der Waals surface area contributed by atoms with E-state index in [1.807, 2.05) is 42.5 Å². The van der Waals surface area contributed by atoms with Crippen LogP contribution in [0, 0.1) is 5.82 Å². The number of urea groups is 1. The predicted molar refractivity (Wildman–Crippen MR) is 165 cm³/mol. The van der Waals surface area contributed by atoms with Crippen LogP contribution in [0.3, 0.4) is 0 Å². The molecule has 2 fully saturated rings. The third kappa shape index (κ3) is 5.68. The molecule has 42 heavy (non-hydrogen) atoms. The third-order valence-corrected chi connectivity index (χ3v) is 9.02. The Morgan fingerprint density at radius 1 is 0.929 bits per heavy atom. The number of fused-ring (bicyclic) bond motifs is 1. The molecule has 6 nitrogen and oxygen atoms in total. The standard InChI is InChI=1S/C34H36ClFN4O2/c1-23(2)24-3-5-26(6-4-24)33(41)39-20-19-38(34(39)42)18-17-37-15-13-25(14-16-37)31-22-40(29-10-8-28(36)9-11-29)32-12-7-27(35)21-30(31)32/h3-12,21-23,25H,13-20H2,1-2H3. The number of carbonyl (C=O) groups is 2. The maximum Gasteiger partial charge on any atom is 0.327 e. The fourth-order valence-electron chi connectivity index (χ4n) is 6.24. The average molecular weight is 587 g/mol. The molecular formula is C34H36ClFN4O2. The van der Waals surface area contributed by atoms with Gasteiger partial charge in [0.15, 0.2) is 0 Å². The number of aromatic nitrogens is 1. The van der Waals surface area contributed by atoms with Crippen LogP contribution in [0.2, 0.25) is 5.02 Å². The number of rotatable bonds is 7. The summed E-state index contributed by atoms with van der Waals surface area (Å²) in [6.07, 6.45) is 4.18. The molecule has 0 atom stereocenters. The van der Waals surface area contributed by atoms with Gasteiger partial charge in [0.05, 0.1) is 5.52 Å². The van der Waals surface area contributed by atoms with Gasteiger partial charge in [0, 0.05) is 54.0 Å². The van der Waals surface area contributed by atoms with E-state index in [9.17, 15) is 14.0 Å². The van der Waals surface area contributed by atoms with Crippen LogP contribution < -0.4 is 0 Å². The fraction of sp³-hybridized carbons (Fsp3) is 0.353. The van der Waals surface area contributed by atoms with E-state index in [2.05, 4.69) is 29.5 Å². The molecule has 0 radical (unpaired) electrons. The number of nitrogens with zero attached hydrogens (tertiary/aromatic N) is 4. The van der Waals surface area contributed by atoms with E-state index in [0.29, 0.717) is 42.1 Å². The van der Waals surface area contributed by atoms with Crippen molar-refractivity contribution in [2.45, 2.75) is 38.5 Å². The lowest BCUT2D eigenvalue weighted by Crippen LogP contribution is -2.41. The van der Waals surface area contributed by atoms with Gasteiger partial charge in [-0.2, -0.15) is 0 Å². The molecule has 0 N–H and O–H groups in total. The molecule has 0 aliphatic carbocycles. The molecular weight excluding hydrogens is 551 g/mol. The monoisotopic (exact) mass is 586 g/mol. The zero-order valence-corrected chi connectivity index (χ0v) is 24.9. The van der Waals surface area contributed by atoms with Crippen LogP contribution in [0.25, 0.3) is 16.6 Å². The highest BCUT2D eigenvalue weighted by molar-refractivity contribution is 6.31. The Hall–Kier alpha value is -3.68. The first-order valence-corrected chi connectivity index (χ1v) is 15.2. The van der Waals surface area contributed by atoms with Gasteiger partial charge in [0.2, 0.25) is 0 Å². The molecule has 0 bridgehead atoms. The van der Waals surface area contributed by atoms with E-state index in [1.165, 1.54) is 28.2 Å². The lowest BCUT2D eigenvalue weighted by atomic mass is 9.89. The van der Waals surface area contributed by atoms with Crippen molar-refractivity contribution >= 4 is 34.4 Å². The van der Waals surface area contributed by atoms with Gasteiger partial charge in [0.25, 0.3) is 5.91 Å². The molecule has 2 aliphatic rings. The number of hydrogen-bond donors (Lipinski definition) is 0. The van der Waals surface area contributed by atoms with E-state index in [4.69, 9.17) is 11.6 Å². The second-order valence-electron chi connectivity index (χ2n) is 11.7. The van der Waals surface area contributed by atoms with Crippen LogP contribution >= 0.6 is 11.6 Å². The SMILES string of the molecule is CC(C)c1ccc(C(=O)N2CCN(CCN3CCC(c4cn(-c5ccc(F)cc5)c5ccc(Cl)cc45)CC3)C2=O)cc1. The Kier molecular flexibility index (Phi) is 8.06. The first-order chi connectivity index (χ1) is 20.3.